The summed E-state index contributed by atoms with van der Waals surface area (Å²) >= 11 is 3.43. The van der Waals surface area contributed by atoms with Crippen LogP contribution in [0, 0.1) is 0 Å². The fraction of sp³-hybridized carbons (Fsp3) is 0.333. The lowest BCUT2D eigenvalue weighted by atomic mass is 9.95. The Labute approximate surface area is 166 Å². The number of halogens is 1. The number of benzene rings is 2. The molecule has 0 unspecified atom stereocenters. The van der Waals surface area contributed by atoms with E-state index in [9.17, 15) is 9.59 Å². The monoisotopic (exact) mass is 428 g/mol. The third-order valence-electron chi connectivity index (χ3n) is 5.27. The number of ether oxygens (including phenoxy) is 1. The van der Waals surface area contributed by atoms with Gasteiger partial charge in [0, 0.05) is 28.8 Å². The van der Waals surface area contributed by atoms with Gasteiger partial charge in [-0.2, -0.15) is 0 Å². The first-order chi connectivity index (χ1) is 13.1. The molecule has 140 valence electrons. The number of nitrogens with zero attached hydrogens (tertiary/aromatic N) is 1. The second-order valence-corrected chi connectivity index (χ2v) is 7.94. The lowest BCUT2D eigenvalue weighted by Crippen LogP contribution is -2.40. The average molecular weight is 429 g/mol. The zero-order chi connectivity index (χ0) is 18.9. The van der Waals surface area contributed by atoms with Crippen molar-refractivity contribution in [3.8, 4) is 0 Å². The molecule has 2 aliphatic rings. The molecule has 1 heterocycles. The summed E-state index contributed by atoms with van der Waals surface area (Å²) < 4.78 is 6.29. The highest BCUT2D eigenvalue weighted by molar-refractivity contribution is 9.10. The molecule has 2 aromatic carbocycles. The number of carbonyl (C=O) groups excluding carboxylic acids is 2. The van der Waals surface area contributed by atoms with Crippen LogP contribution in [0.1, 0.15) is 28.8 Å². The van der Waals surface area contributed by atoms with Crippen molar-refractivity contribution in [3.63, 3.8) is 0 Å². The van der Waals surface area contributed by atoms with Crippen LogP contribution in [0.4, 0.5) is 5.69 Å². The Kier molecular flexibility index (Phi) is 5.02. The van der Waals surface area contributed by atoms with Crippen LogP contribution in [-0.2, 0) is 14.9 Å². The Morgan fingerprint density at radius 3 is 2.19 bits per heavy atom. The minimum absolute atomic E-state index is 0.00435. The van der Waals surface area contributed by atoms with Gasteiger partial charge in [0.2, 0.25) is 5.91 Å². The molecule has 0 atom stereocenters. The van der Waals surface area contributed by atoms with E-state index in [0.29, 0.717) is 37.6 Å². The van der Waals surface area contributed by atoms with Gasteiger partial charge in [0.1, 0.15) is 0 Å². The van der Waals surface area contributed by atoms with Crippen molar-refractivity contribution in [2.45, 2.75) is 18.3 Å². The minimum Gasteiger partial charge on any atom is -0.378 e. The van der Waals surface area contributed by atoms with Gasteiger partial charge < -0.3 is 15.0 Å². The number of carbonyl (C=O) groups is 2. The third-order valence-corrected chi connectivity index (χ3v) is 5.80. The number of hydrogen-bond acceptors (Lipinski definition) is 3. The Morgan fingerprint density at radius 2 is 1.59 bits per heavy atom. The van der Waals surface area contributed by atoms with Crippen LogP contribution in [0.3, 0.4) is 0 Å². The van der Waals surface area contributed by atoms with E-state index in [0.717, 1.165) is 22.9 Å². The van der Waals surface area contributed by atoms with Gasteiger partial charge in [0.15, 0.2) is 0 Å². The highest BCUT2D eigenvalue weighted by Crippen LogP contribution is 2.49. The van der Waals surface area contributed by atoms with Gasteiger partial charge in [0.25, 0.3) is 5.91 Å². The summed E-state index contributed by atoms with van der Waals surface area (Å²) in [4.78, 5) is 27.1. The van der Waals surface area contributed by atoms with Gasteiger partial charge in [-0.05, 0) is 54.8 Å². The summed E-state index contributed by atoms with van der Waals surface area (Å²) in [5.74, 6) is 0.0155. The maximum absolute atomic E-state index is 12.8. The fourth-order valence-electron chi connectivity index (χ4n) is 3.44. The van der Waals surface area contributed by atoms with Crippen molar-refractivity contribution in [2.24, 2.45) is 0 Å². The van der Waals surface area contributed by atoms with Crippen LogP contribution in [0.2, 0.25) is 0 Å². The first kappa shape index (κ1) is 18.2. The van der Waals surface area contributed by atoms with E-state index >= 15 is 0 Å². The Balaban J connectivity index is 1.43. The van der Waals surface area contributed by atoms with Crippen molar-refractivity contribution in [1.29, 1.82) is 0 Å². The molecule has 5 nitrogen and oxygen atoms in total. The number of rotatable bonds is 4. The van der Waals surface area contributed by atoms with E-state index in [4.69, 9.17) is 4.74 Å². The average Bonchev–Trinajstić information content (AvgIpc) is 3.51. The number of amides is 2. The van der Waals surface area contributed by atoms with Crippen LogP contribution in [0.5, 0.6) is 0 Å². The zero-order valence-electron chi connectivity index (χ0n) is 14.9. The summed E-state index contributed by atoms with van der Waals surface area (Å²) in [7, 11) is 0. The highest BCUT2D eigenvalue weighted by atomic mass is 79.9. The molecule has 1 N–H and O–H groups in total. The molecule has 0 radical (unpaired) electrons. The van der Waals surface area contributed by atoms with E-state index in [1.54, 1.807) is 29.2 Å². The molecule has 0 bridgehead atoms. The van der Waals surface area contributed by atoms with E-state index in [1.807, 2.05) is 24.3 Å². The van der Waals surface area contributed by atoms with Crippen LogP contribution < -0.4 is 5.32 Å². The van der Waals surface area contributed by atoms with Crippen LogP contribution in [-0.4, -0.2) is 43.0 Å². The van der Waals surface area contributed by atoms with Crippen LogP contribution >= 0.6 is 15.9 Å². The molecule has 1 aliphatic heterocycles. The lowest BCUT2D eigenvalue weighted by molar-refractivity contribution is -0.118. The molecule has 0 aromatic heterocycles. The van der Waals surface area contributed by atoms with Crippen LogP contribution in [0.25, 0.3) is 0 Å². The summed E-state index contributed by atoms with van der Waals surface area (Å²) in [6.07, 6.45) is 1.71. The smallest absolute Gasteiger partial charge is 0.254 e. The third kappa shape index (κ3) is 3.77. The topological polar surface area (TPSA) is 58.6 Å². The normalized spacial score (nSPS) is 18.0. The summed E-state index contributed by atoms with van der Waals surface area (Å²) in [5, 5.41) is 3.01. The molecular weight excluding hydrogens is 408 g/mol. The van der Waals surface area contributed by atoms with E-state index in [1.165, 1.54) is 0 Å². The van der Waals surface area contributed by atoms with Gasteiger partial charge in [-0.15, -0.1) is 0 Å². The molecule has 2 amide bonds. The SMILES string of the molecule is O=C(c1ccc(NC(=O)C2(c3ccc(Br)cc3)CC2)cc1)N1CCOCC1. The van der Waals surface area contributed by atoms with Gasteiger partial charge in [-0.1, -0.05) is 28.1 Å². The Hall–Kier alpha value is -2.18. The number of hydrogen-bond donors (Lipinski definition) is 1. The highest BCUT2D eigenvalue weighted by Gasteiger charge is 2.51. The standard InChI is InChI=1S/C21H21BrN2O3/c22-17-5-3-16(4-6-17)21(9-10-21)20(26)23-18-7-1-15(2-8-18)19(25)24-11-13-27-14-12-24/h1-8H,9-14H2,(H,23,26). The summed E-state index contributed by atoms with van der Waals surface area (Å²) in [6.45, 7) is 2.40. The predicted molar refractivity (Wildman–Crippen MR) is 107 cm³/mol. The number of nitrogens with one attached hydrogen (secondary N) is 1. The van der Waals surface area contributed by atoms with E-state index < -0.39 is 5.41 Å². The maximum atomic E-state index is 12.8. The first-order valence-electron chi connectivity index (χ1n) is 9.13. The van der Waals surface area contributed by atoms with Crippen molar-refractivity contribution in [3.05, 3.63) is 64.1 Å². The lowest BCUT2D eigenvalue weighted by Gasteiger charge is -2.26. The second-order valence-electron chi connectivity index (χ2n) is 7.03. The quantitative estimate of drug-likeness (QED) is 0.809. The molecule has 2 fully saturated rings. The van der Waals surface area contributed by atoms with Gasteiger partial charge >= 0.3 is 0 Å². The molecule has 1 saturated carbocycles. The molecule has 1 aliphatic carbocycles. The summed E-state index contributed by atoms with van der Waals surface area (Å²) in [5.41, 5.74) is 1.95. The molecule has 27 heavy (non-hydrogen) atoms. The Bertz CT molecular complexity index is 839. The van der Waals surface area contributed by atoms with Crippen molar-refractivity contribution < 1.29 is 14.3 Å². The fourth-order valence-corrected chi connectivity index (χ4v) is 3.70. The predicted octanol–water partition coefficient (Wildman–Crippen LogP) is 3.59. The largest absolute Gasteiger partial charge is 0.378 e. The van der Waals surface area contributed by atoms with E-state index in [2.05, 4.69) is 21.2 Å². The van der Waals surface area contributed by atoms with Gasteiger partial charge in [-0.3, -0.25) is 9.59 Å². The Morgan fingerprint density at radius 1 is 0.963 bits per heavy atom. The maximum Gasteiger partial charge on any atom is 0.254 e. The minimum atomic E-state index is -0.428. The van der Waals surface area contributed by atoms with Crippen molar-refractivity contribution in [1.82, 2.24) is 4.90 Å². The number of anilines is 1. The first-order valence-corrected chi connectivity index (χ1v) is 9.92. The second kappa shape index (κ2) is 7.44. The van der Waals surface area contributed by atoms with Crippen molar-refractivity contribution >= 4 is 33.4 Å². The van der Waals surface area contributed by atoms with Gasteiger partial charge in [-0.25, -0.2) is 0 Å². The zero-order valence-corrected chi connectivity index (χ0v) is 16.5. The molecular formula is C21H21BrN2O3. The molecule has 6 heteroatoms. The molecule has 2 aromatic rings. The molecule has 1 saturated heterocycles. The van der Waals surface area contributed by atoms with Gasteiger partial charge in [0.05, 0.1) is 18.6 Å². The van der Waals surface area contributed by atoms with Crippen LogP contribution in [0.15, 0.2) is 53.0 Å². The van der Waals surface area contributed by atoms with E-state index in [-0.39, 0.29) is 11.8 Å². The van der Waals surface area contributed by atoms with Crippen molar-refractivity contribution in [2.75, 3.05) is 31.6 Å². The number of morpholine rings is 1. The molecule has 4 rings (SSSR count). The molecule has 0 spiro atoms. The summed E-state index contributed by atoms with van der Waals surface area (Å²) in [6, 6.07) is 15.1.